The maximum absolute atomic E-state index is 6.86. The Morgan fingerprint density at radius 3 is 1.43 bits per heavy atom. The summed E-state index contributed by atoms with van der Waals surface area (Å²) in [6.07, 6.45) is 1.83. The monoisotopic (exact) mass is 671 g/mol. The van der Waals surface area contributed by atoms with E-state index in [-0.39, 0.29) is 0 Å². The highest BCUT2D eigenvalue weighted by Crippen LogP contribution is 2.39. The topological polar surface area (TPSA) is 57.1 Å². The predicted octanol–water partition coefficient (Wildman–Crippen LogP) is 8.13. The Morgan fingerprint density at radius 1 is 0.353 bits per heavy atom. The van der Waals surface area contributed by atoms with Gasteiger partial charge >= 0.3 is 0 Å². The Hall–Kier alpha value is -6.63. The number of pyridine rings is 1. The van der Waals surface area contributed by atoms with Gasteiger partial charge < -0.3 is 9.47 Å². The molecule has 1 atom stereocenters. The molecule has 2 aliphatic rings. The van der Waals surface area contributed by atoms with Gasteiger partial charge in [0, 0.05) is 28.5 Å². The lowest BCUT2D eigenvalue weighted by Gasteiger charge is -2.43. The van der Waals surface area contributed by atoms with E-state index in [0.717, 1.165) is 62.3 Å². The van der Waals surface area contributed by atoms with Crippen LogP contribution in [0.15, 0.2) is 176 Å². The molecule has 0 radical (unpaired) electrons. The molecule has 10 rings (SSSR count). The van der Waals surface area contributed by atoms with Crippen LogP contribution >= 0.6 is 0 Å². The molecule has 2 aromatic heterocycles. The van der Waals surface area contributed by atoms with E-state index >= 15 is 0 Å². The van der Waals surface area contributed by atoms with Gasteiger partial charge in [0.1, 0.15) is 23.0 Å². The van der Waals surface area contributed by atoms with Crippen LogP contribution < -0.4 is 30.2 Å². The van der Waals surface area contributed by atoms with E-state index in [1.54, 1.807) is 0 Å². The molecule has 0 fully saturated rings. The maximum Gasteiger partial charge on any atom is 0.196 e. The minimum atomic E-state index is -2.93. The zero-order valence-electron chi connectivity index (χ0n) is 27.4. The van der Waals surface area contributed by atoms with Gasteiger partial charge in [-0.05, 0) is 63.2 Å². The van der Waals surface area contributed by atoms with E-state index in [0.29, 0.717) is 5.82 Å². The van der Waals surface area contributed by atoms with Crippen molar-refractivity contribution in [1.29, 1.82) is 0 Å². The number of rotatable bonds is 4. The Balaban J connectivity index is 1.20. The first-order valence-corrected chi connectivity index (χ1v) is 19.0. The van der Waals surface area contributed by atoms with Crippen molar-refractivity contribution in [3.63, 3.8) is 0 Å². The summed E-state index contributed by atoms with van der Waals surface area (Å²) >= 11 is 0. The van der Waals surface area contributed by atoms with Crippen molar-refractivity contribution < 1.29 is 9.47 Å². The zero-order valence-corrected chi connectivity index (χ0v) is 28.4. The van der Waals surface area contributed by atoms with Crippen LogP contribution in [0.2, 0.25) is 0 Å². The van der Waals surface area contributed by atoms with Crippen LogP contribution in [0.1, 0.15) is 0 Å². The Morgan fingerprint density at radius 2 is 0.843 bits per heavy atom. The number of aromatic nitrogens is 3. The first kappa shape index (κ1) is 29.3. The molecule has 0 N–H and O–H groups in total. The van der Waals surface area contributed by atoms with E-state index < -0.39 is 8.07 Å². The fraction of sp³-hybridized carbons (Fsp3) is 0. The van der Waals surface area contributed by atoms with Crippen molar-refractivity contribution >= 4 is 28.8 Å². The molecule has 2 aliphatic heterocycles. The van der Waals surface area contributed by atoms with Gasteiger partial charge in [0.05, 0.1) is 17.1 Å². The minimum absolute atomic E-state index is 0.678. The molecule has 1 unspecified atom stereocenters. The van der Waals surface area contributed by atoms with E-state index in [2.05, 4.69) is 114 Å². The average Bonchev–Trinajstić information content (AvgIpc) is 3.21. The van der Waals surface area contributed by atoms with Crippen LogP contribution in [0.3, 0.4) is 0 Å². The number of hydrogen-bond acceptors (Lipinski definition) is 5. The smallest absolute Gasteiger partial charge is 0.196 e. The second-order valence-electron chi connectivity index (χ2n) is 12.8. The molecule has 4 heterocycles. The van der Waals surface area contributed by atoms with Crippen LogP contribution in [-0.4, -0.2) is 23.0 Å². The lowest BCUT2D eigenvalue weighted by molar-refractivity contribution is 0.482. The zero-order chi connectivity index (χ0) is 33.8. The molecule has 51 heavy (non-hydrogen) atoms. The average molecular weight is 672 g/mol. The number of fused-ring (bicyclic) bond motifs is 8. The normalized spacial score (nSPS) is 15.1. The van der Waals surface area contributed by atoms with Gasteiger partial charge in [-0.1, -0.05) is 127 Å². The number of hydrogen-bond donors (Lipinski definition) is 0. The first-order chi connectivity index (χ1) is 25.3. The molecule has 6 aromatic carbocycles. The van der Waals surface area contributed by atoms with Crippen LogP contribution in [0.4, 0.5) is 0 Å². The summed E-state index contributed by atoms with van der Waals surface area (Å²) in [4.78, 5) is 14.8. The molecule has 0 aliphatic carbocycles. The lowest BCUT2D eigenvalue weighted by atomic mass is 10.1. The third-order valence-electron chi connectivity index (χ3n) is 9.88. The highest BCUT2D eigenvalue weighted by Gasteiger charge is 2.53. The first-order valence-electron chi connectivity index (χ1n) is 17.0. The summed E-state index contributed by atoms with van der Waals surface area (Å²) in [6.45, 7) is 0. The summed E-state index contributed by atoms with van der Waals surface area (Å²) in [5.74, 6) is 4.10. The van der Waals surface area contributed by atoms with Crippen molar-refractivity contribution in [3.8, 4) is 68.2 Å². The number of benzene rings is 6. The molecule has 5 nitrogen and oxygen atoms in total. The summed E-state index contributed by atoms with van der Waals surface area (Å²) in [5, 5.41) is 4.76. The SMILES string of the molecule is c1ccc(-c2cc(-c3ccc4c(c3)Oc3ccccc3[Si]43c4ccccc4Oc4cc(-c5ccccn5)ccc43)nc(-c3ccccc3)n2)cc1. The molecule has 0 amide bonds. The molecule has 0 saturated heterocycles. The van der Waals surface area contributed by atoms with E-state index in [1.807, 2.05) is 66.9 Å². The van der Waals surface area contributed by atoms with Crippen molar-refractivity contribution in [3.05, 3.63) is 176 Å². The number of ether oxygens (including phenoxy) is 2. The quantitative estimate of drug-likeness (QED) is 0.177. The summed E-state index contributed by atoms with van der Waals surface area (Å²) in [6, 6.07) is 58.6. The molecular weight excluding hydrogens is 643 g/mol. The summed E-state index contributed by atoms with van der Waals surface area (Å²) in [5.41, 5.74) is 6.58. The van der Waals surface area contributed by atoms with Crippen LogP contribution in [-0.2, 0) is 0 Å². The van der Waals surface area contributed by atoms with Crippen LogP contribution in [0, 0.1) is 0 Å². The molecule has 240 valence electrons. The van der Waals surface area contributed by atoms with Crippen LogP contribution in [0.5, 0.6) is 23.0 Å². The van der Waals surface area contributed by atoms with Crippen molar-refractivity contribution in [1.82, 2.24) is 15.0 Å². The fourth-order valence-corrected chi connectivity index (χ4v) is 12.7. The van der Waals surface area contributed by atoms with E-state index in [4.69, 9.17) is 19.4 Å². The largest absolute Gasteiger partial charge is 0.458 e. The van der Waals surface area contributed by atoms with Crippen LogP contribution in [0.25, 0.3) is 45.2 Å². The highest BCUT2D eigenvalue weighted by molar-refractivity contribution is 7.21. The van der Waals surface area contributed by atoms with Gasteiger partial charge in [0.15, 0.2) is 13.9 Å². The van der Waals surface area contributed by atoms with E-state index in [9.17, 15) is 0 Å². The second kappa shape index (κ2) is 11.8. The second-order valence-corrected chi connectivity index (χ2v) is 16.4. The standard InChI is InChI=1S/C45H29N3O2Si/c1-3-13-30(14-4-1)35-29-36(48-45(47-35)31-15-5-2-6-16-31)33-23-25-44-40(28-33)50-38-19-8-10-21-42(38)51(44)41-20-9-7-18-37(41)49-39-27-32(22-24-43(39)51)34-17-11-12-26-46-34/h1-29H. The predicted molar refractivity (Wildman–Crippen MR) is 205 cm³/mol. The summed E-state index contributed by atoms with van der Waals surface area (Å²) in [7, 11) is -2.93. The minimum Gasteiger partial charge on any atom is -0.458 e. The molecule has 0 bridgehead atoms. The Bertz CT molecular complexity index is 2530. The Kier molecular flexibility index (Phi) is 6.75. The third kappa shape index (κ3) is 4.72. The van der Waals surface area contributed by atoms with Gasteiger partial charge in [0.2, 0.25) is 0 Å². The van der Waals surface area contributed by atoms with Gasteiger partial charge in [-0.3, -0.25) is 4.98 Å². The van der Waals surface area contributed by atoms with Gasteiger partial charge in [-0.15, -0.1) is 0 Å². The van der Waals surface area contributed by atoms with Crippen molar-refractivity contribution in [2.45, 2.75) is 0 Å². The number of nitrogens with zero attached hydrogens (tertiary/aromatic N) is 3. The maximum atomic E-state index is 6.86. The highest BCUT2D eigenvalue weighted by atomic mass is 28.3. The number of para-hydroxylation sites is 2. The van der Waals surface area contributed by atoms with Crippen molar-refractivity contribution in [2.24, 2.45) is 0 Å². The fourth-order valence-electron chi connectivity index (χ4n) is 7.59. The van der Waals surface area contributed by atoms with Gasteiger partial charge in [0.25, 0.3) is 0 Å². The molecule has 1 spiro atoms. The summed E-state index contributed by atoms with van der Waals surface area (Å²) < 4.78 is 13.6. The Labute approximate surface area is 296 Å². The molecule has 8 aromatic rings. The van der Waals surface area contributed by atoms with Gasteiger partial charge in [-0.2, -0.15) is 0 Å². The molecular formula is C45H29N3O2Si. The van der Waals surface area contributed by atoms with Crippen molar-refractivity contribution in [2.75, 3.05) is 0 Å². The lowest BCUT2D eigenvalue weighted by Crippen LogP contribution is -2.77. The van der Waals surface area contributed by atoms with E-state index in [1.165, 1.54) is 20.7 Å². The van der Waals surface area contributed by atoms with Gasteiger partial charge in [-0.25, -0.2) is 9.97 Å². The molecule has 0 saturated carbocycles. The third-order valence-corrected chi connectivity index (χ3v) is 14.8. The molecule has 6 heteroatoms.